The van der Waals surface area contributed by atoms with E-state index in [1.165, 1.54) is 4.88 Å². The zero-order valence-corrected chi connectivity index (χ0v) is 12.7. The maximum Gasteiger partial charge on any atom is 0.237 e. The molecule has 0 aromatic carbocycles. The van der Waals surface area contributed by atoms with Gasteiger partial charge in [-0.2, -0.15) is 0 Å². The summed E-state index contributed by atoms with van der Waals surface area (Å²) in [4.78, 5) is 26.6. The fourth-order valence-corrected chi connectivity index (χ4v) is 3.48. The van der Waals surface area contributed by atoms with Gasteiger partial charge in [-0.25, -0.2) is 9.97 Å². The van der Waals surface area contributed by atoms with Crippen LogP contribution < -0.4 is 4.90 Å². The molecule has 2 aromatic heterocycles. The standard InChI is InChI=1S/C13H15ClN4OS/c1-9-6-10-12(15-8-16-13(10)20-9)18-4-2-17(3-5-18)11(19)7-14/h6,8H,2-5,7H2,1H3. The molecule has 1 aliphatic heterocycles. The lowest BCUT2D eigenvalue weighted by molar-refractivity contribution is -0.128. The smallest absolute Gasteiger partial charge is 0.237 e. The van der Waals surface area contributed by atoms with Crippen LogP contribution in [0.5, 0.6) is 0 Å². The first-order valence-corrected chi connectivity index (χ1v) is 7.84. The highest BCUT2D eigenvalue weighted by molar-refractivity contribution is 7.18. The number of hydrogen-bond donors (Lipinski definition) is 0. The van der Waals surface area contributed by atoms with Crippen LogP contribution in [0.15, 0.2) is 12.4 Å². The average Bonchev–Trinajstić information content (AvgIpc) is 2.86. The van der Waals surface area contributed by atoms with Crippen molar-refractivity contribution in [3.05, 3.63) is 17.3 Å². The van der Waals surface area contributed by atoms with Crippen molar-refractivity contribution in [1.82, 2.24) is 14.9 Å². The molecule has 0 unspecified atom stereocenters. The van der Waals surface area contributed by atoms with E-state index in [1.807, 2.05) is 0 Å². The minimum absolute atomic E-state index is 0.00512. The SMILES string of the molecule is Cc1cc2c(N3CCN(C(=O)CCl)CC3)ncnc2s1. The fourth-order valence-electron chi connectivity index (χ4n) is 2.47. The summed E-state index contributed by atoms with van der Waals surface area (Å²) < 4.78 is 0. The van der Waals surface area contributed by atoms with E-state index in [9.17, 15) is 4.79 Å². The number of halogens is 1. The number of aryl methyl sites for hydroxylation is 1. The van der Waals surface area contributed by atoms with Gasteiger partial charge in [-0.05, 0) is 13.0 Å². The maximum atomic E-state index is 11.6. The van der Waals surface area contributed by atoms with E-state index in [0.29, 0.717) is 13.1 Å². The number of anilines is 1. The second kappa shape index (κ2) is 5.54. The molecule has 1 amide bonds. The summed E-state index contributed by atoms with van der Waals surface area (Å²) in [7, 11) is 0. The van der Waals surface area contributed by atoms with Crippen LogP contribution in [-0.2, 0) is 4.79 Å². The van der Waals surface area contributed by atoms with Crippen LogP contribution in [0.25, 0.3) is 10.2 Å². The lowest BCUT2D eigenvalue weighted by Crippen LogP contribution is -2.49. The van der Waals surface area contributed by atoms with Crippen LogP contribution in [0.1, 0.15) is 4.88 Å². The van der Waals surface area contributed by atoms with Gasteiger partial charge in [0.25, 0.3) is 0 Å². The van der Waals surface area contributed by atoms with Crippen molar-refractivity contribution < 1.29 is 4.79 Å². The molecule has 106 valence electrons. The van der Waals surface area contributed by atoms with Gasteiger partial charge < -0.3 is 9.80 Å². The first kappa shape index (κ1) is 13.6. The van der Waals surface area contributed by atoms with E-state index < -0.39 is 0 Å². The summed E-state index contributed by atoms with van der Waals surface area (Å²) in [5.74, 6) is 1.03. The van der Waals surface area contributed by atoms with Gasteiger partial charge in [-0.3, -0.25) is 4.79 Å². The lowest BCUT2D eigenvalue weighted by atomic mass is 10.2. The molecular weight excluding hydrogens is 296 g/mol. The molecule has 5 nitrogen and oxygen atoms in total. The van der Waals surface area contributed by atoms with Gasteiger partial charge in [0.2, 0.25) is 5.91 Å². The fraction of sp³-hybridized carbons (Fsp3) is 0.462. The van der Waals surface area contributed by atoms with Crippen LogP contribution in [0.3, 0.4) is 0 Å². The zero-order valence-electron chi connectivity index (χ0n) is 11.2. The van der Waals surface area contributed by atoms with Gasteiger partial charge in [0.15, 0.2) is 0 Å². The summed E-state index contributed by atoms with van der Waals surface area (Å²) in [6.45, 7) is 5.03. The molecule has 1 aliphatic rings. The summed E-state index contributed by atoms with van der Waals surface area (Å²) in [5, 5.41) is 1.10. The third kappa shape index (κ3) is 2.45. The average molecular weight is 311 g/mol. The Morgan fingerprint density at radius 2 is 2.10 bits per heavy atom. The minimum atomic E-state index is 0.00512. The Morgan fingerprint density at radius 3 is 2.80 bits per heavy atom. The van der Waals surface area contributed by atoms with E-state index in [2.05, 4.69) is 27.9 Å². The molecule has 0 atom stereocenters. The third-order valence-corrected chi connectivity index (χ3v) is 4.66. The van der Waals surface area contributed by atoms with Crippen molar-refractivity contribution in [3.8, 4) is 0 Å². The highest BCUT2D eigenvalue weighted by atomic mass is 35.5. The van der Waals surface area contributed by atoms with Crippen molar-refractivity contribution in [2.45, 2.75) is 6.92 Å². The topological polar surface area (TPSA) is 49.3 Å². The molecule has 0 radical (unpaired) electrons. The maximum absolute atomic E-state index is 11.6. The van der Waals surface area contributed by atoms with Crippen molar-refractivity contribution in [2.24, 2.45) is 0 Å². The number of carbonyl (C=O) groups is 1. The molecule has 0 saturated carbocycles. The molecule has 1 saturated heterocycles. The summed E-state index contributed by atoms with van der Waals surface area (Å²) >= 11 is 7.28. The van der Waals surface area contributed by atoms with Crippen LogP contribution in [0, 0.1) is 6.92 Å². The number of aromatic nitrogens is 2. The Morgan fingerprint density at radius 1 is 1.35 bits per heavy atom. The van der Waals surface area contributed by atoms with Crippen molar-refractivity contribution in [3.63, 3.8) is 0 Å². The molecule has 20 heavy (non-hydrogen) atoms. The number of amides is 1. The summed E-state index contributed by atoms with van der Waals surface area (Å²) in [6, 6.07) is 2.13. The Labute approximate surface area is 126 Å². The van der Waals surface area contributed by atoms with Crippen molar-refractivity contribution >= 4 is 44.9 Å². The molecule has 3 heterocycles. The van der Waals surface area contributed by atoms with Crippen LogP contribution >= 0.6 is 22.9 Å². The Bertz CT molecular complexity index is 636. The van der Waals surface area contributed by atoms with Crippen LogP contribution in [0.2, 0.25) is 0 Å². The van der Waals surface area contributed by atoms with Gasteiger partial charge in [-0.15, -0.1) is 22.9 Å². The molecule has 2 aromatic rings. The second-order valence-corrected chi connectivity index (χ2v) is 6.28. The monoisotopic (exact) mass is 310 g/mol. The quantitative estimate of drug-likeness (QED) is 0.795. The Kier molecular flexibility index (Phi) is 3.76. The molecule has 0 N–H and O–H groups in total. The third-order valence-electron chi connectivity index (χ3n) is 3.48. The number of piperazine rings is 1. The van der Waals surface area contributed by atoms with Gasteiger partial charge in [0.05, 0.1) is 5.39 Å². The normalized spacial score (nSPS) is 15.9. The molecule has 0 aliphatic carbocycles. The van der Waals surface area contributed by atoms with E-state index in [4.69, 9.17) is 11.6 Å². The van der Waals surface area contributed by atoms with Gasteiger partial charge >= 0.3 is 0 Å². The Balaban J connectivity index is 1.81. The van der Waals surface area contributed by atoms with E-state index >= 15 is 0 Å². The predicted molar refractivity (Wildman–Crippen MR) is 81.7 cm³/mol. The first-order chi connectivity index (χ1) is 9.69. The van der Waals surface area contributed by atoms with Gasteiger partial charge in [0.1, 0.15) is 22.9 Å². The van der Waals surface area contributed by atoms with Gasteiger partial charge in [-0.1, -0.05) is 0 Å². The number of alkyl halides is 1. The molecule has 0 bridgehead atoms. The first-order valence-electron chi connectivity index (χ1n) is 6.49. The minimum Gasteiger partial charge on any atom is -0.352 e. The van der Waals surface area contributed by atoms with Gasteiger partial charge in [0, 0.05) is 31.1 Å². The number of rotatable bonds is 2. The largest absolute Gasteiger partial charge is 0.352 e. The predicted octanol–water partition coefficient (Wildman–Crippen LogP) is 1.89. The highest BCUT2D eigenvalue weighted by Crippen LogP contribution is 2.30. The molecule has 1 fully saturated rings. The number of thiophene rings is 1. The summed E-state index contributed by atoms with van der Waals surface area (Å²) in [6.07, 6.45) is 1.61. The van der Waals surface area contributed by atoms with E-state index in [0.717, 1.165) is 29.1 Å². The summed E-state index contributed by atoms with van der Waals surface area (Å²) in [5.41, 5.74) is 0. The highest BCUT2D eigenvalue weighted by Gasteiger charge is 2.22. The van der Waals surface area contributed by atoms with E-state index in [1.54, 1.807) is 22.6 Å². The molecule has 3 rings (SSSR count). The van der Waals surface area contributed by atoms with Crippen LogP contribution in [0.4, 0.5) is 5.82 Å². The molecular formula is C13H15ClN4OS. The number of hydrogen-bond acceptors (Lipinski definition) is 5. The van der Waals surface area contributed by atoms with Crippen LogP contribution in [-0.4, -0.2) is 52.8 Å². The Hall–Kier alpha value is -1.40. The second-order valence-electron chi connectivity index (χ2n) is 4.77. The lowest BCUT2D eigenvalue weighted by Gasteiger charge is -2.35. The number of carbonyl (C=O) groups excluding carboxylic acids is 1. The number of fused-ring (bicyclic) bond motifs is 1. The number of nitrogens with zero attached hydrogens (tertiary/aromatic N) is 4. The van der Waals surface area contributed by atoms with E-state index in [-0.39, 0.29) is 11.8 Å². The van der Waals surface area contributed by atoms with Crippen molar-refractivity contribution in [1.29, 1.82) is 0 Å². The zero-order chi connectivity index (χ0) is 14.1. The van der Waals surface area contributed by atoms with Crippen molar-refractivity contribution in [2.75, 3.05) is 37.0 Å². The molecule has 0 spiro atoms. The molecule has 7 heteroatoms.